The molecule has 0 saturated heterocycles. The minimum absolute atomic E-state index is 0.420. The second kappa shape index (κ2) is 5.93. The van der Waals surface area contributed by atoms with Gasteiger partial charge < -0.3 is 10.2 Å². The molecular weight excluding hydrogens is 216 g/mol. The van der Waals surface area contributed by atoms with Crippen molar-refractivity contribution < 1.29 is 4.74 Å². The molecule has 3 N–H and O–H groups in total. The van der Waals surface area contributed by atoms with E-state index in [4.69, 9.17) is 10.6 Å². The van der Waals surface area contributed by atoms with Crippen LogP contribution in [0.4, 0.5) is 5.82 Å². The number of nitrogens with two attached hydrogens (primary N) is 1. The predicted molar refractivity (Wildman–Crippen MR) is 68.5 cm³/mol. The van der Waals surface area contributed by atoms with Crippen molar-refractivity contribution in [3.05, 3.63) is 17.6 Å². The van der Waals surface area contributed by atoms with Gasteiger partial charge in [-0.25, -0.2) is 15.8 Å². The van der Waals surface area contributed by atoms with Gasteiger partial charge in [-0.2, -0.15) is 0 Å². The molecule has 0 spiro atoms. The van der Waals surface area contributed by atoms with Crippen molar-refractivity contribution >= 4 is 5.82 Å². The van der Waals surface area contributed by atoms with Crippen molar-refractivity contribution in [2.75, 3.05) is 12.5 Å². The molecule has 0 aromatic carbocycles. The van der Waals surface area contributed by atoms with Crippen LogP contribution in [-0.4, -0.2) is 17.1 Å². The number of hydrazine groups is 1. The summed E-state index contributed by atoms with van der Waals surface area (Å²) in [6.45, 7) is 6.20. The van der Waals surface area contributed by atoms with Gasteiger partial charge in [-0.3, -0.25) is 0 Å². The maximum Gasteiger partial charge on any atom is 0.162 e. The first kappa shape index (κ1) is 13.9. The Balaban J connectivity index is 3.27. The summed E-state index contributed by atoms with van der Waals surface area (Å²) in [6, 6.07) is 1.86. The number of rotatable bonds is 6. The lowest BCUT2D eigenvalue weighted by Gasteiger charge is -2.29. The first-order chi connectivity index (χ1) is 8.15. The number of nitrogens with one attached hydrogen (secondary N) is 1. The molecule has 0 unspecified atom stereocenters. The summed E-state index contributed by atoms with van der Waals surface area (Å²) in [5.74, 6) is 6.77. The number of methoxy groups -OCH3 is 1. The molecular formula is C12H22N4O. The predicted octanol–water partition coefficient (Wildman–Crippen LogP) is 1.99. The first-order valence-corrected chi connectivity index (χ1v) is 6.05. The number of nitrogens with zero attached hydrogens (tertiary/aromatic N) is 2. The van der Waals surface area contributed by atoms with E-state index in [0.717, 1.165) is 25.0 Å². The van der Waals surface area contributed by atoms with Gasteiger partial charge in [0, 0.05) is 18.9 Å². The molecule has 5 heteroatoms. The van der Waals surface area contributed by atoms with Crippen molar-refractivity contribution in [3.63, 3.8) is 0 Å². The van der Waals surface area contributed by atoms with Crippen LogP contribution in [0.5, 0.6) is 0 Å². The Bertz CT molecular complexity index is 333. The molecule has 0 aliphatic carbocycles. The molecule has 0 bridgehead atoms. The molecule has 0 atom stereocenters. The average Bonchev–Trinajstić information content (AvgIpc) is 2.41. The zero-order valence-electron chi connectivity index (χ0n) is 11.1. The minimum Gasteiger partial charge on any atom is -0.370 e. The van der Waals surface area contributed by atoms with Gasteiger partial charge in [0.1, 0.15) is 11.4 Å². The van der Waals surface area contributed by atoms with Crippen LogP contribution in [0.2, 0.25) is 0 Å². The minimum atomic E-state index is -0.420. The van der Waals surface area contributed by atoms with Gasteiger partial charge in [0.2, 0.25) is 0 Å². The second-order valence-electron chi connectivity index (χ2n) is 3.97. The third-order valence-electron chi connectivity index (χ3n) is 3.23. The van der Waals surface area contributed by atoms with E-state index in [1.165, 1.54) is 0 Å². The summed E-state index contributed by atoms with van der Waals surface area (Å²) in [6.07, 6.45) is 2.51. The Kier molecular flexibility index (Phi) is 4.84. The Morgan fingerprint density at radius 3 is 2.35 bits per heavy atom. The van der Waals surface area contributed by atoms with Crippen LogP contribution < -0.4 is 11.3 Å². The smallest absolute Gasteiger partial charge is 0.162 e. The summed E-state index contributed by atoms with van der Waals surface area (Å²) in [5, 5.41) is 0. The molecule has 1 rings (SSSR count). The Labute approximate surface area is 103 Å². The quantitative estimate of drug-likeness (QED) is 0.585. The van der Waals surface area contributed by atoms with Crippen molar-refractivity contribution in [3.8, 4) is 0 Å². The third kappa shape index (κ3) is 2.73. The van der Waals surface area contributed by atoms with E-state index >= 15 is 0 Å². The highest BCUT2D eigenvalue weighted by atomic mass is 16.5. The van der Waals surface area contributed by atoms with Crippen molar-refractivity contribution in [1.82, 2.24) is 9.97 Å². The van der Waals surface area contributed by atoms with Crippen molar-refractivity contribution in [1.29, 1.82) is 0 Å². The summed E-state index contributed by atoms with van der Waals surface area (Å²) in [5.41, 5.74) is 3.12. The second-order valence-corrected chi connectivity index (χ2v) is 3.97. The standard InChI is InChI=1S/C12H22N4O/c1-5-9-8-10(16-13)15-11(14-9)12(6-2,7-3)17-4/h8H,5-7,13H2,1-4H3,(H,14,15,16). The lowest BCUT2D eigenvalue weighted by Crippen LogP contribution is -2.30. The summed E-state index contributed by atoms with van der Waals surface area (Å²) < 4.78 is 5.63. The van der Waals surface area contributed by atoms with Crippen molar-refractivity contribution in [2.24, 2.45) is 5.84 Å². The zero-order valence-corrected chi connectivity index (χ0v) is 11.1. The SMILES string of the molecule is CCc1cc(NN)nc(C(CC)(CC)OC)n1. The third-order valence-corrected chi connectivity index (χ3v) is 3.23. The summed E-state index contributed by atoms with van der Waals surface area (Å²) in [4.78, 5) is 8.97. The Morgan fingerprint density at radius 2 is 1.94 bits per heavy atom. The van der Waals surface area contributed by atoms with Crippen LogP contribution in [0.25, 0.3) is 0 Å². The van der Waals surface area contributed by atoms with E-state index in [-0.39, 0.29) is 0 Å². The van der Waals surface area contributed by atoms with Crippen LogP contribution in [-0.2, 0) is 16.8 Å². The van der Waals surface area contributed by atoms with Gasteiger partial charge >= 0.3 is 0 Å². The Hall–Kier alpha value is -1.20. The molecule has 0 radical (unpaired) electrons. The zero-order chi connectivity index (χ0) is 12.9. The maximum absolute atomic E-state index is 5.63. The van der Waals surface area contributed by atoms with E-state index in [0.29, 0.717) is 11.6 Å². The van der Waals surface area contributed by atoms with Crippen LogP contribution in [0.3, 0.4) is 0 Å². The molecule has 5 nitrogen and oxygen atoms in total. The number of anilines is 1. The van der Waals surface area contributed by atoms with Crippen LogP contribution in [0.1, 0.15) is 45.1 Å². The molecule has 96 valence electrons. The fraction of sp³-hybridized carbons (Fsp3) is 0.667. The van der Waals surface area contributed by atoms with Gasteiger partial charge in [0.25, 0.3) is 0 Å². The number of aryl methyl sites for hydroxylation is 1. The largest absolute Gasteiger partial charge is 0.370 e. The normalized spacial score (nSPS) is 11.6. The molecule has 0 fully saturated rings. The van der Waals surface area contributed by atoms with Gasteiger partial charge in [0.15, 0.2) is 5.82 Å². The summed E-state index contributed by atoms with van der Waals surface area (Å²) in [7, 11) is 1.70. The van der Waals surface area contributed by atoms with Crippen molar-refractivity contribution in [2.45, 2.75) is 45.6 Å². The average molecular weight is 238 g/mol. The summed E-state index contributed by atoms with van der Waals surface area (Å²) >= 11 is 0. The number of aromatic nitrogens is 2. The number of ether oxygens (including phenoxy) is 1. The molecule has 1 heterocycles. The van der Waals surface area contributed by atoms with E-state index in [9.17, 15) is 0 Å². The highest BCUT2D eigenvalue weighted by Crippen LogP contribution is 2.30. The Morgan fingerprint density at radius 1 is 1.29 bits per heavy atom. The number of hydrogen-bond acceptors (Lipinski definition) is 5. The van der Waals surface area contributed by atoms with Gasteiger partial charge in [-0.05, 0) is 19.3 Å². The van der Waals surface area contributed by atoms with Gasteiger partial charge in [-0.15, -0.1) is 0 Å². The lowest BCUT2D eigenvalue weighted by atomic mass is 9.96. The molecule has 0 amide bonds. The topological polar surface area (TPSA) is 73.1 Å². The van der Waals surface area contributed by atoms with Crippen LogP contribution >= 0.6 is 0 Å². The van der Waals surface area contributed by atoms with E-state index in [1.54, 1.807) is 7.11 Å². The molecule has 1 aromatic rings. The number of nitrogen functional groups attached to an aromatic ring is 1. The van der Waals surface area contributed by atoms with E-state index in [1.807, 2.05) is 6.07 Å². The fourth-order valence-corrected chi connectivity index (χ4v) is 1.90. The van der Waals surface area contributed by atoms with Crippen LogP contribution in [0.15, 0.2) is 6.07 Å². The molecule has 0 saturated carbocycles. The maximum atomic E-state index is 5.63. The van der Waals surface area contributed by atoms with Gasteiger partial charge in [0.05, 0.1) is 0 Å². The van der Waals surface area contributed by atoms with E-state index in [2.05, 4.69) is 36.2 Å². The lowest BCUT2D eigenvalue weighted by molar-refractivity contribution is -0.0291. The number of hydrogen-bond donors (Lipinski definition) is 2. The highest BCUT2D eigenvalue weighted by molar-refractivity contribution is 5.35. The first-order valence-electron chi connectivity index (χ1n) is 6.05. The van der Waals surface area contributed by atoms with Gasteiger partial charge in [-0.1, -0.05) is 20.8 Å². The van der Waals surface area contributed by atoms with Crippen LogP contribution in [0, 0.1) is 0 Å². The monoisotopic (exact) mass is 238 g/mol. The highest BCUT2D eigenvalue weighted by Gasteiger charge is 2.31. The molecule has 17 heavy (non-hydrogen) atoms. The molecule has 0 aliphatic rings. The van der Waals surface area contributed by atoms with E-state index < -0.39 is 5.60 Å². The molecule has 0 aliphatic heterocycles. The fourth-order valence-electron chi connectivity index (χ4n) is 1.90. The molecule has 1 aromatic heterocycles.